The number of rotatable bonds is 6. The Kier molecular flexibility index (Phi) is 6.51. The van der Waals surface area contributed by atoms with E-state index in [0.717, 1.165) is 32.1 Å². The molecule has 2 aliphatic carbocycles. The molecule has 3 fully saturated rings. The molecule has 0 unspecified atom stereocenters. The van der Waals surface area contributed by atoms with E-state index in [1.165, 1.54) is 31.4 Å². The summed E-state index contributed by atoms with van der Waals surface area (Å²) in [5.74, 6) is -0.376. The molecule has 1 aromatic carbocycles. The van der Waals surface area contributed by atoms with E-state index >= 15 is 0 Å². The third-order valence-electron chi connectivity index (χ3n) is 7.85. The number of amides is 2. The molecule has 10 heteroatoms. The summed E-state index contributed by atoms with van der Waals surface area (Å²) in [5, 5.41) is 13.6. The Morgan fingerprint density at radius 2 is 1.79 bits per heavy atom. The van der Waals surface area contributed by atoms with Gasteiger partial charge < -0.3 is 19.7 Å². The second-order valence-corrected chi connectivity index (χ2v) is 10.1. The van der Waals surface area contributed by atoms with Crippen LogP contribution in [0.4, 0.5) is 10.5 Å². The maximum absolute atomic E-state index is 13.7. The number of nitro groups is 1. The number of nitro benzene ring substituents is 1. The molecule has 34 heavy (non-hydrogen) atoms. The minimum absolute atomic E-state index is 0.0295. The van der Waals surface area contributed by atoms with Crippen molar-refractivity contribution in [3.8, 4) is 5.75 Å². The van der Waals surface area contributed by atoms with Crippen molar-refractivity contribution < 1.29 is 28.8 Å². The molecule has 1 heterocycles. The van der Waals surface area contributed by atoms with Gasteiger partial charge in [0.1, 0.15) is 17.8 Å². The summed E-state index contributed by atoms with van der Waals surface area (Å²) >= 11 is 0. The Bertz CT molecular complexity index is 971. The molecule has 1 saturated heterocycles. The molecule has 10 nitrogen and oxygen atoms in total. The number of non-ortho nitro benzene ring substituents is 1. The van der Waals surface area contributed by atoms with Crippen molar-refractivity contribution in [2.45, 2.75) is 58.0 Å². The van der Waals surface area contributed by atoms with Crippen molar-refractivity contribution in [2.24, 2.45) is 23.2 Å². The predicted molar refractivity (Wildman–Crippen MR) is 121 cm³/mol. The van der Waals surface area contributed by atoms with E-state index < -0.39 is 29.1 Å². The number of piperidine rings is 1. The third-order valence-corrected chi connectivity index (χ3v) is 7.85. The Morgan fingerprint density at radius 1 is 1.15 bits per heavy atom. The number of likely N-dealkylation sites (tertiary alicyclic amines) is 1. The van der Waals surface area contributed by atoms with Crippen LogP contribution in [-0.2, 0) is 14.3 Å². The largest absolute Gasteiger partial charge is 0.467 e. The maximum Gasteiger partial charge on any atom is 0.413 e. The van der Waals surface area contributed by atoms with Crippen LogP contribution in [0, 0.1) is 33.3 Å². The van der Waals surface area contributed by atoms with Gasteiger partial charge in [-0.05, 0) is 42.2 Å². The number of esters is 1. The van der Waals surface area contributed by atoms with Gasteiger partial charge in [-0.3, -0.25) is 14.9 Å². The standard InChI is InChI=1S/C24H31N3O7/c1-24(2)17-13-26(20(18(17)24)22(29)33-3)21(28)19(14-7-5-4-6-8-14)25-23(30)34-16-11-9-15(10-12-16)27(31)32/h9-12,14,17-20H,4-8,13H2,1-3H3,(H,25,30)/t17-,18-,19-,20-/m0/s1. The second-order valence-electron chi connectivity index (χ2n) is 10.1. The minimum atomic E-state index is -0.821. The highest BCUT2D eigenvalue weighted by atomic mass is 16.6. The van der Waals surface area contributed by atoms with E-state index in [1.807, 2.05) is 0 Å². The summed E-state index contributed by atoms with van der Waals surface area (Å²) in [6.45, 7) is 4.65. The normalized spacial score (nSPS) is 26.2. The topological polar surface area (TPSA) is 128 Å². The van der Waals surface area contributed by atoms with Crippen molar-refractivity contribution >= 4 is 23.7 Å². The predicted octanol–water partition coefficient (Wildman–Crippen LogP) is 3.29. The molecule has 3 aliphatic rings. The molecule has 0 bridgehead atoms. The van der Waals surface area contributed by atoms with Gasteiger partial charge in [-0.2, -0.15) is 0 Å². The molecule has 2 saturated carbocycles. The molecule has 2 amide bonds. The molecule has 0 radical (unpaired) electrons. The van der Waals surface area contributed by atoms with Crippen molar-refractivity contribution in [1.82, 2.24) is 10.2 Å². The van der Waals surface area contributed by atoms with Gasteiger partial charge in [0.2, 0.25) is 5.91 Å². The number of carbonyl (C=O) groups is 3. The molecular formula is C24H31N3O7. The van der Waals surface area contributed by atoms with Crippen molar-refractivity contribution in [3.63, 3.8) is 0 Å². The Hall–Kier alpha value is -3.17. The van der Waals surface area contributed by atoms with Gasteiger partial charge >= 0.3 is 12.1 Å². The first-order chi connectivity index (χ1) is 16.1. The highest BCUT2D eigenvalue weighted by Crippen LogP contribution is 2.65. The molecule has 4 atom stereocenters. The summed E-state index contributed by atoms with van der Waals surface area (Å²) < 4.78 is 10.3. The number of hydrogen-bond acceptors (Lipinski definition) is 7. The van der Waals surface area contributed by atoms with Gasteiger partial charge in [0.25, 0.3) is 5.69 Å². The fourth-order valence-corrected chi connectivity index (χ4v) is 5.83. The van der Waals surface area contributed by atoms with Crippen LogP contribution >= 0.6 is 0 Å². The first-order valence-corrected chi connectivity index (χ1v) is 11.8. The second kappa shape index (κ2) is 9.23. The van der Waals surface area contributed by atoms with Crippen LogP contribution in [-0.4, -0.2) is 53.5 Å². The Balaban J connectivity index is 1.50. The SMILES string of the molecule is COC(=O)[C@@H]1[C@@H]2[C@H](CN1C(=O)[C@@H](NC(=O)Oc1ccc([N+](=O)[O-])cc1)C1CCCCC1)C2(C)C. The number of ether oxygens (including phenoxy) is 2. The maximum atomic E-state index is 13.7. The zero-order chi connectivity index (χ0) is 24.6. The molecular weight excluding hydrogens is 442 g/mol. The zero-order valence-electron chi connectivity index (χ0n) is 19.7. The lowest BCUT2D eigenvalue weighted by Crippen LogP contribution is -2.57. The number of benzene rings is 1. The van der Waals surface area contributed by atoms with Crippen molar-refractivity contribution in [2.75, 3.05) is 13.7 Å². The minimum Gasteiger partial charge on any atom is -0.467 e. The van der Waals surface area contributed by atoms with Crippen LogP contribution in [0.3, 0.4) is 0 Å². The summed E-state index contributed by atoms with van der Waals surface area (Å²) in [5.41, 5.74) is -0.148. The monoisotopic (exact) mass is 473 g/mol. The van der Waals surface area contributed by atoms with Crippen LogP contribution in [0.1, 0.15) is 46.0 Å². The van der Waals surface area contributed by atoms with Crippen LogP contribution < -0.4 is 10.1 Å². The summed E-state index contributed by atoms with van der Waals surface area (Å²) in [4.78, 5) is 50.9. The third kappa shape index (κ3) is 4.45. The van der Waals surface area contributed by atoms with Crippen molar-refractivity contribution in [1.29, 1.82) is 0 Å². The fraction of sp³-hybridized carbons (Fsp3) is 0.625. The quantitative estimate of drug-likeness (QED) is 0.381. The number of fused-ring (bicyclic) bond motifs is 1. The van der Waals surface area contributed by atoms with Gasteiger partial charge in [0.15, 0.2) is 0 Å². The summed E-state index contributed by atoms with van der Waals surface area (Å²) in [7, 11) is 1.33. The van der Waals surface area contributed by atoms with Gasteiger partial charge in [0, 0.05) is 24.6 Å². The number of nitrogens with zero attached hydrogens (tertiary/aromatic N) is 2. The van der Waals surface area contributed by atoms with E-state index in [1.54, 1.807) is 4.90 Å². The number of nitrogens with one attached hydrogen (secondary N) is 1. The smallest absolute Gasteiger partial charge is 0.413 e. The lowest BCUT2D eigenvalue weighted by Gasteiger charge is -2.36. The summed E-state index contributed by atoms with van der Waals surface area (Å²) in [6, 6.07) is 3.67. The van der Waals surface area contributed by atoms with Crippen LogP contribution in [0.2, 0.25) is 0 Å². The molecule has 0 spiro atoms. The molecule has 0 aromatic heterocycles. The van der Waals surface area contributed by atoms with E-state index in [2.05, 4.69) is 19.2 Å². The number of methoxy groups -OCH3 is 1. The van der Waals surface area contributed by atoms with E-state index in [-0.39, 0.29) is 40.5 Å². The lowest BCUT2D eigenvalue weighted by atomic mass is 9.83. The fourth-order valence-electron chi connectivity index (χ4n) is 5.83. The number of hydrogen-bond donors (Lipinski definition) is 1. The zero-order valence-corrected chi connectivity index (χ0v) is 19.7. The molecule has 1 aliphatic heterocycles. The van der Waals surface area contributed by atoms with Gasteiger partial charge in [-0.15, -0.1) is 0 Å². The first-order valence-electron chi connectivity index (χ1n) is 11.8. The van der Waals surface area contributed by atoms with Gasteiger partial charge in [-0.1, -0.05) is 33.1 Å². The van der Waals surface area contributed by atoms with Crippen LogP contribution in [0.15, 0.2) is 24.3 Å². The molecule has 184 valence electrons. The Morgan fingerprint density at radius 3 is 2.38 bits per heavy atom. The molecule has 1 aromatic rings. The lowest BCUT2D eigenvalue weighted by molar-refractivity contribution is -0.384. The van der Waals surface area contributed by atoms with Crippen molar-refractivity contribution in [3.05, 3.63) is 34.4 Å². The number of carbonyl (C=O) groups excluding carboxylic acids is 3. The highest BCUT2D eigenvalue weighted by molar-refractivity contribution is 5.91. The first kappa shape index (κ1) is 24.0. The van der Waals surface area contributed by atoms with Crippen LogP contribution in [0.25, 0.3) is 0 Å². The molecule has 1 N–H and O–H groups in total. The van der Waals surface area contributed by atoms with Gasteiger partial charge in [-0.25, -0.2) is 9.59 Å². The Labute approximate surface area is 198 Å². The van der Waals surface area contributed by atoms with E-state index in [4.69, 9.17) is 9.47 Å². The highest BCUT2D eigenvalue weighted by Gasteiger charge is 2.70. The average Bonchev–Trinajstić information content (AvgIpc) is 3.16. The van der Waals surface area contributed by atoms with Crippen LogP contribution in [0.5, 0.6) is 5.75 Å². The summed E-state index contributed by atoms with van der Waals surface area (Å²) in [6.07, 6.45) is 3.79. The average molecular weight is 474 g/mol. The van der Waals surface area contributed by atoms with Gasteiger partial charge in [0.05, 0.1) is 12.0 Å². The van der Waals surface area contributed by atoms with E-state index in [9.17, 15) is 24.5 Å². The van der Waals surface area contributed by atoms with E-state index in [0.29, 0.717) is 6.54 Å². The molecule has 4 rings (SSSR count).